The van der Waals surface area contributed by atoms with E-state index in [4.69, 9.17) is 9.52 Å². The number of carboxylic acids is 1. The molecule has 0 bridgehead atoms. The van der Waals surface area contributed by atoms with Gasteiger partial charge in [0.2, 0.25) is 5.89 Å². The third-order valence-electron chi connectivity index (χ3n) is 2.29. The maximum Gasteiger partial charge on any atom is 0.358 e. The van der Waals surface area contributed by atoms with E-state index in [0.717, 1.165) is 15.6 Å². The first-order valence-electron chi connectivity index (χ1n) is 4.95. The third kappa shape index (κ3) is 2.39. The summed E-state index contributed by atoms with van der Waals surface area (Å²) < 4.78 is 6.26. The second kappa shape index (κ2) is 4.33. The Morgan fingerprint density at radius 2 is 2.06 bits per heavy atom. The summed E-state index contributed by atoms with van der Waals surface area (Å²) in [5.74, 6) is -0.446. The van der Waals surface area contributed by atoms with Crippen molar-refractivity contribution in [3.8, 4) is 11.5 Å². The van der Waals surface area contributed by atoms with E-state index in [0.29, 0.717) is 11.7 Å². The predicted octanol–water partition coefficient (Wildman–Crippen LogP) is 3.42. The van der Waals surface area contributed by atoms with Gasteiger partial charge in [-0.3, -0.25) is 0 Å². The molecule has 0 aliphatic rings. The molecule has 1 aromatic heterocycles. The van der Waals surface area contributed by atoms with Crippen molar-refractivity contribution in [2.24, 2.45) is 0 Å². The number of aromatic nitrogens is 1. The summed E-state index contributed by atoms with van der Waals surface area (Å²) in [5, 5.41) is 8.90. The second-order valence-electron chi connectivity index (χ2n) is 3.75. The maximum absolute atomic E-state index is 10.9. The highest BCUT2D eigenvalue weighted by atomic mass is 79.9. The van der Waals surface area contributed by atoms with Crippen LogP contribution in [0.3, 0.4) is 0 Å². The number of nitrogens with zero attached hydrogens (tertiary/aromatic N) is 1. The summed E-state index contributed by atoms with van der Waals surface area (Å²) in [6.07, 6.45) is 0. The first kappa shape index (κ1) is 11.9. The van der Waals surface area contributed by atoms with Crippen LogP contribution in [0.2, 0.25) is 0 Å². The zero-order valence-electron chi connectivity index (χ0n) is 9.32. The molecule has 0 amide bonds. The minimum atomic E-state index is -1.08. The van der Waals surface area contributed by atoms with Gasteiger partial charge in [0.1, 0.15) is 5.76 Å². The van der Waals surface area contributed by atoms with Gasteiger partial charge in [0.15, 0.2) is 5.69 Å². The number of carbonyl (C=O) groups is 1. The van der Waals surface area contributed by atoms with Crippen LogP contribution < -0.4 is 0 Å². The minimum Gasteiger partial charge on any atom is -0.476 e. The first-order valence-corrected chi connectivity index (χ1v) is 5.75. The monoisotopic (exact) mass is 295 g/mol. The van der Waals surface area contributed by atoms with Crippen molar-refractivity contribution in [2.75, 3.05) is 0 Å². The first-order chi connectivity index (χ1) is 7.97. The average molecular weight is 296 g/mol. The maximum atomic E-state index is 10.9. The van der Waals surface area contributed by atoms with Gasteiger partial charge in [-0.05, 0) is 37.6 Å². The van der Waals surface area contributed by atoms with E-state index >= 15 is 0 Å². The molecule has 2 aromatic rings. The fourth-order valence-corrected chi connectivity index (χ4v) is 2.19. The van der Waals surface area contributed by atoms with Crippen molar-refractivity contribution in [1.29, 1.82) is 0 Å². The number of hydrogen-bond acceptors (Lipinski definition) is 3. The molecule has 0 fully saturated rings. The van der Waals surface area contributed by atoms with Crippen LogP contribution in [0.4, 0.5) is 0 Å². The summed E-state index contributed by atoms with van der Waals surface area (Å²) in [7, 11) is 0. The molecule has 2 rings (SSSR count). The van der Waals surface area contributed by atoms with E-state index in [-0.39, 0.29) is 5.69 Å². The Morgan fingerprint density at radius 3 is 2.59 bits per heavy atom. The van der Waals surface area contributed by atoms with Crippen molar-refractivity contribution in [2.45, 2.75) is 13.8 Å². The number of halogens is 1. The van der Waals surface area contributed by atoms with Crippen molar-refractivity contribution < 1.29 is 14.3 Å². The second-order valence-corrected chi connectivity index (χ2v) is 4.66. The number of aryl methyl sites for hydroxylation is 2. The van der Waals surface area contributed by atoms with E-state index in [2.05, 4.69) is 20.9 Å². The lowest BCUT2D eigenvalue weighted by atomic mass is 10.1. The van der Waals surface area contributed by atoms with Crippen LogP contribution in [0.5, 0.6) is 0 Å². The Kier molecular flexibility index (Phi) is 3.02. The minimum absolute atomic E-state index is 0.0439. The lowest BCUT2D eigenvalue weighted by molar-refractivity contribution is 0.0689. The van der Waals surface area contributed by atoms with Gasteiger partial charge in [-0.2, -0.15) is 0 Å². The molecule has 1 aromatic carbocycles. The fourth-order valence-electron chi connectivity index (χ4n) is 1.58. The average Bonchev–Trinajstić information content (AvgIpc) is 2.59. The molecule has 0 saturated carbocycles. The number of carboxylic acid groups (broad SMARTS) is 1. The van der Waals surface area contributed by atoms with Gasteiger partial charge in [0.25, 0.3) is 0 Å². The van der Waals surface area contributed by atoms with Crippen LogP contribution in [0, 0.1) is 13.8 Å². The van der Waals surface area contributed by atoms with Crippen LogP contribution in [-0.4, -0.2) is 16.1 Å². The Bertz CT molecular complexity index is 569. The summed E-state index contributed by atoms with van der Waals surface area (Å²) in [5.41, 5.74) is 1.76. The lowest BCUT2D eigenvalue weighted by Gasteiger charge is -1.99. The third-order valence-corrected chi connectivity index (χ3v) is 2.75. The predicted molar refractivity (Wildman–Crippen MR) is 66.1 cm³/mol. The molecule has 0 unspecified atom stereocenters. The van der Waals surface area contributed by atoms with E-state index in [1.54, 1.807) is 6.92 Å². The molecule has 4 nitrogen and oxygen atoms in total. The summed E-state index contributed by atoms with van der Waals surface area (Å²) in [6, 6.07) is 5.68. The molecule has 17 heavy (non-hydrogen) atoms. The summed E-state index contributed by atoms with van der Waals surface area (Å²) >= 11 is 3.38. The normalized spacial score (nSPS) is 10.5. The van der Waals surface area contributed by atoms with Crippen LogP contribution in [0.1, 0.15) is 21.8 Å². The largest absolute Gasteiger partial charge is 0.476 e. The van der Waals surface area contributed by atoms with E-state index < -0.39 is 5.97 Å². The highest BCUT2D eigenvalue weighted by Crippen LogP contribution is 2.26. The smallest absolute Gasteiger partial charge is 0.358 e. The number of benzene rings is 1. The number of hydrogen-bond donors (Lipinski definition) is 1. The zero-order chi connectivity index (χ0) is 12.6. The van der Waals surface area contributed by atoms with Crippen molar-refractivity contribution >= 4 is 21.9 Å². The SMILES string of the molecule is Cc1cc(Br)cc(-c2nc(C(=O)O)c(C)o2)c1. The molecule has 88 valence electrons. The number of aromatic carboxylic acids is 1. The Morgan fingerprint density at radius 1 is 1.35 bits per heavy atom. The lowest BCUT2D eigenvalue weighted by Crippen LogP contribution is -1.98. The van der Waals surface area contributed by atoms with Crippen molar-refractivity contribution in [3.63, 3.8) is 0 Å². The summed E-state index contributed by atoms with van der Waals surface area (Å²) in [4.78, 5) is 14.8. The highest BCUT2D eigenvalue weighted by Gasteiger charge is 2.17. The van der Waals surface area contributed by atoms with E-state index in [1.165, 1.54) is 0 Å². The molecular weight excluding hydrogens is 286 g/mol. The zero-order valence-corrected chi connectivity index (χ0v) is 10.9. The molecule has 0 atom stereocenters. The van der Waals surface area contributed by atoms with Gasteiger partial charge in [0, 0.05) is 10.0 Å². The quantitative estimate of drug-likeness (QED) is 0.922. The van der Waals surface area contributed by atoms with Gasteiger partial charge in [-0.15, -0.1) is 0 Å². The van der Waals surface area contributed by atoms with Gasteiger partial charge in [-0.1, -0.05) is 15.9 Å². The van der Waals surface area contributed by atoms with Gasteiger partial charge in [0.05, 0.1) is 0 Å². The fraction of sp³-hybridized carbons (Fsp3) is 0.167. The molecule has 0 saturated heterocycles. The molecule has 0 radical (unpaired) electrons. The van der Waals surface area contributed by atoms with E-state index in [1.807, 2.05) is 25.1 Å². The van der Waals surface area contributed by atoms with Crippen molar-refractivity contribution in [1.82, 2.24) is 4.98 Å². The van der Waals surface area contributed by atoms with Crippen molar-refractivity contribution in [3.05, 3.63) is 39.7 Å². The van der Waals surface area contributed by atoms with Crippen LogP contribution >= 0.6 is 15.9 Å². The van der Waals surface area contributed by atoms with E-state index in [9.17, 15) is 4.79 Å². The van der Waals surface area contributed by atoms with Gasteiger partial charge < -0.3 is 9.52 Å². The molecular formula is C12H10BrNO3. The Hall–Kier alpha value is -1.62. The molecule has 0 spiro atoms. The number of rotatable bonds is 2. The topological polar surface area (TPSA) is 63.3 Å². The number of oxazole rings is 1. The summed E-state index contributed by atoms with van der Waals surface area (Å²) in [6.45, 7) is 3.53. The molecule has 5 heteroatoms. The van der Waals surface area contributed by atoms with Crippen LogP contribution in [-0.2, 0) is 0 Å². The molecule has 0 aliphatic heterocycles. The van der Waals surface area contributed by atoms with Crippen LogP contribution in [0.15, 0.2) is 27.1 Å². The van der Waals surface area contributed by atoms with Crippen LogP contribution in [0.25, 0.3) is 11.5 Å². The molecule has 1 heterocycles. The highest BCUT2D eigenvalue weighted by molar-refractivity contribution is 9.10. The van der Waals surface area contributed by atoms with Gasteiger partial charge in [-0.25, -0.2) is 9.78 Å². The Labute approximate surface area is 106 Å². The standard InChI is InChI=1S/C12H10BrNO3/c1-6-3-8(5-9(13)4-6)11-14-10(12(15)16)7(2)17-11/h3-5H,1-2H3,(H,15,16). The van der Waals surface area contributed by atoms with Gasteiger partial charge >= 0.3 is 5.97 Å². The molecule has 1 N–H and O–H groups in total. The molecule has 0 aliphatic carbocycles. The Balaban J connectivity index is 2.53.